The van der Waals surface area contributed by atoms with Gasteiger partial charge in [0.2, 0.25) is 0 Å². The zero-order valence-electron chi connectivity index (χ0n) is 9.26. The van der Waals surface area contributed by atoms with E-state index in [1.165, 1.54) is 12.8 Å². The summed E-state index contributed by atoms with van der Waals surface area (Å²) < 4.78 is 15.8. The molecule has 0 aromatic heterocycles. The summed E-state index contributed by atoms with van der Waals surface area (Å²) in [6.45, 7) is 2.18. The van der Waals surface area contributed by atoms with Crippen LogP contribution in [0, 0.1) is 0 Å². The third-order valence-electron chi connectivity index (χ3n) is 2.02. The molecule has 0 saturated carbocycles. The summed E-state index contributed by atoms with van der Waals surface area (Å²) in [4.78, 5) is 0. The van der Waals surface area contributed by atoms with E-state index in [0.717, 1.165) is 12.5 Å². The Morgan fingerprint density at radius 3 is 1.69 bits per heavy atom. The molecule has 5 heteroatoms. The molecule has 0 atom stereocenters. The van der Waals surface area contributed by atoms with Crippen LogP contribution in [0.4, 0.5) is 0 Å². The van der Waals surface area contributed by atoms with Crippen LogP contribution in [0.5, 0.6) is 0 Å². The fourth-order valence-electron chi connectivity index (χ4n) is 1.15. The molecular weight excluding hydrogens is 186 g/mol. The van der Waals surface area contributed by atoms with Gasteiger partial charge in [-0.15, -0.1) is 0 Å². The van der Waals surface area contributed by atoms with E-state index in [2.05, 4.69) is 6.92 Å². The van der Waals surface area contributed by atoms with Gasteiger partial charge >= 0.3 is 8.80 Å². The lowest BCUT2D eigenvalue weighted by Gasteiger charge is -2.23. The number of rotatable bonds is 7. The first-order valence-corrected chi connectivity index (χ1v) is 6.33. The first kappa shape index (κ1) is 15.5. The van der Waals surface area contributed by atoms with E-state index in [4.69, 9.17) is 13.3 Å². The third kappa shape index (κ3) is 5.38. The van der Waals surface area contributed by atoms with Crippen LogP contribution in [0.25, 0.3) is 0 Å². The molecule has 0 rings (SSSR count). The second-order valence-corrected chi connectivity index (χ2v) is 5.84. The normalized spacial score (nSPS) is 11.1. The molecule has 82 valence electrons. The molecule has 0 aliphatic heterocycles. The van der Waals surface area contributed by atoms with Crippen LogP contribution in [0.2, 0.25) is 6.04 Å². The minimum absolute atomic E-state index is 0. The van der Waals surface area contributed by atoms with Crippen LogP contribution in [0.15, 0.2) is 0 Å². The van der Waals surface area contributed by atoms with Gasteiger partial charge in [0.25, 0.3) is 0 Å². The van der Waals surface area contributed by atoms with Gasteiger partial charge in [-0.2, -0.15) is 0 Å². The average molecular weight is 209 g/mol. The lowest BCUT2D eigenvalue weighted by atomic mass is 10.3. The van der Waals surface area contributed by atoms with Crippen molar-refractivity contribution in [3.05, 3.63) is 0 Å². The molecule has 0 aromatic rings. The van der Waals surface area contributed by atoms with Gasteiger partial charge in [-0.3, -0.25) is 0 Å². The van der Waals surface area contributed by atoms with Gasteiger partial charge in [0.1, 0.15) is 0 Å². The van der Waals surface area contributed by atoms with Crippen molar-refractivity contribution in [2.24, 2.45) is 0 Å². The second kappa shape index (κ2) is 8.65. The van der Waals surface area contributed by atoms with E-state index in [1.54, 1.807) is 21.3 Å². The molecule has 13 heavy (non-hydrogen) atoms. The highest BCUT2D eigenvalue weighted by atomic mass is 28.4. The molecule has 0 aliphatic carbocycles. The van der Waals surface area contributed by atoms with Gasteiger partial charge in [-0.05, 0) is 6.42 Å². The Balaban J connectivity index is 0. The van der Waals surface area contributed by atoms with Crippen LogP contribution in [0.1, 0.15) is 26.2 Å². The number of unbranched alkanes of at least 4 members (excludes halogenated alkanes) is 2. The summed E-state index contributed by atoms with van der Waals surface area (Å²) >= 11 is 0. The SMILES string of the molecule is CCCCC[Si](OC)(OC)OC.N. The predicted octanol–water partition coefficient (Wildman–Crippen LogP) is 2.22. The Morgan fingerprint density at radius 1 is 0.923 bits per heavy atom. The Bertz CT molecular complexity index is 101. The highest BCUT2D eigenvalue weighted by Crippen LogP contribution is 2.16. The molecule has 0 heterocycles. The van der Waals surface area contributed by atoms with Crippen molar-refractivity contribution < 1.29 is 13.3 Å². The predicted molar refractivity (Wildman–Crippen MR) is 56.1 cm³/mol. The number of hydrogen-bond acceptors (Lipinski definition) is 4. The van der Waals surface area contributed by atoms with Crippen molar-refractivity contribution in [2.45, 2.75) is 32.2 Å². The van der Waals surface area contributed by atoms with Gasteiger partial charge < -0.3 is 19.4 Å². The fraction of sp³-hybridized carbons (Fsp3) is 1.00. The Morgan fingerprint density at radius 2 is 1.38 bits per heavy atom. The van der Waals surface area contributed by atoms with Gasteiger partial charge in [-0.25, -0.2) is 0 Å². The Labute approximate surface area is 82.5 Å². The van der Waals surface area contributed by atoms with Crippen LogP contribution in [-0.4, -0.2) is 30.1 Å². The molecule has 0 unspecified atom stereocenters. The van der Waals surface area contributed by atoms with E-state index >= 15 is 0 Å². The zero-order valence-corrected chi connectivity index (χ0v) is 10.3. The van der Waals surface area contributed by atoms with Crippen molar-refractivity contribution in [3.63, 3.8) is 0 Å². The first-order valence-electron chi connectivity index (χ1n) is 4.40. The highest BCUT2D eigenvalue weighted by molar-refractivity contribution is 6.60. The maximum atomic E-state index is 5.28. The molecule has 0 amide bonds. The molecule has 0 fully saturated rings. The van der Waals surface area contributed by atoms with Gasteiger partial charge in [-0.1, -0.05) is 19.8 Å². The smallest absolute Gasteiger partial charge is 0.377 e. The maximum Gasteiger partial charge on any atom is 0.500 e. The Kier molecular flexibility index (Phi) is 10.3. The van der Waals surface area contributed by atoms with E-state index in [-0.39, 0.29) is 6.15 Å². The van der Waals surface area contributed by atoms with Crippen LogP contribution in [0.3, 0.4) is 0 Å². The summed E-state index contributed by atoms with van der Waals surface area (Å²) in [6, 6.07) is 0.921. The van der Waals surface area contributed by atoms with Crippen LogP contribution in [-0.2, 0) is 13.3 Å². The summed E-state index contributed by atoms with van der Waals surface area (Å²) in [5, 5.41) is 0. The van der Waals surface area contributed by atoms with E-state index in [1.807, 2.05) is 0 Å². The molecule has 4 nitrogen and oxygen atoms in total. The monoisotopic (exact) mass is 209 g/mol. The molecule has 0 bridgehead atoms. The fourth-order valence-corrected chi connectivity index (χ4v) is 2.94. The minimum atomic E-state index is -2.25. The summed E-state index contributed by atoms with van der Waals surface area (Å²) in [7, 11) is 2.72. The van der Waals surface area contributed by atoms with E-state index in [9.17, 15) is 0 Å². The second-order valence-electron chi connectivity index (χ2n) is 2.75. The van der Waals surface area contributed by atoms with Crippen molar-refractivity contribution in [2.75, 3.05) is 21.3 Å². The standard InChI is InChI=1S/C8H20O3Si.H3N/c1-5-6-7-8-12(9-2,10-3)11-4;/h5-8H2,1-4H3;1H3. The lowest BCUT2D eigenvalue weighted by Crippen LogP contribution is -2.42. The van der Waals surface area contributed by atoms with Crippen molar-refractivity contribution >= 4 is 8.80 Å². The summed E-state index contributed by atoms with van der Waals surface area (Å²) in [6.07, 6.45) is 3.55. The largest absolute Gasteiger partial charge is 0.500 e. The van der Waals surface area contributed by atoms with Crippen molar-refractivity contribution in [3.8, 4) is 0 Å². The molecule has 0 aromatic carbocycles. The average Bonchev–Trinajstić information content (AvgIpc) is 2.14. The molecule has 0 saturated heterocycles. The number of hydrogen-bond donors (Lipinski definition) is 1. The summed E-state index contributed by atoms with van der Waals surface area (Å²) in [5.41, 5.74) is 0. The quantitative estimate of drug-likeness (QED) is 0.516. The van der Waals surface area contributed by atoms with E-state index < -0.39 is 8.80 Å². The third-order valence-corrected chi connectivity index (χ3v) is 4.85. The molecule has 0 radical (unpaired) electrons. The summed E-state index contributed by atoms with van der Waals surface area (Å²) in [5.74, 6) is 0. The van der Waals surface area contributed by atoms with Gasteiger partial charge in [0.05, 0.1) is 0 Å². The molecule has 3 N–H and O–H groups in total. The lowest BCUT2D eigenvalue weighted by molar-refractivity contribution is 0.123. The van der Waals surface area contributed by atoms with Gasteiger partial charge in [0.15, 0.2) is 0 Å². The molecular formula is C8H23NO3Si. The zero-order chi connectivity index (χ0) is 9.45. The Hall–Kier alpha value is 0.0569. The van der Waals surface area contributed by atoms with E-state index in [0.29, 0.717) is 0 Å². The van der Waals surface area contributed by atoms with Gasteiger partial charge in [0, 0.05) is 27.4 Å². The first-order chi connectivity index (χ1) is 5.74. The maximum absolute atomic E-state index is 5.28. The minimum Gasteiger partial charge on any atom is -0.377 e. The molecule has 0 aliphatic rings. The highest BCUT2D eigenvalue weighted by Gasteiger charge is 2.36. The van der Waals surface area contributed by atoms with Crippen molar-refractivity contribution in [1.82, 2.24) is 6.15 Å². The topological polar surface area (TPSA) is 62.7 Å². The van der Waals surface area contributed by atoms with Crippen LogP contribution >= 0.6 is 0 Å². The van der Waals surface area contributed by atoms with Crippen LogP contribution < -0.4 is 6.15 Å². The van der Waals surface area contributed by atoms with Crippen molar-refractivity contribution in [1.29, 1.82) is 0 Å². The molecule has 0 spiro atoms.